The topological polar surface area (TPSA) is 89.2 Å². The van der Waals surface area contributed by atoms with E-state index in [0.29, 0.717) is 16.9 Å². The van der Waals surface area contributed by atoms with Gasteiger partial charge in [-0.2, -0.15) is 0 Å². The minimum atomic E-state index is -1.01. The van der Waals surface area contributed by atoms with Crippen molar-refractivity contribution < 1.29 is 22.8 Å². The van der Waals surface area contributed by atoms with Gasteiger partial charge in [0, 0.05) is 23.5 Å². The molecule has 0 aliphatic carbocycles. The van der Waals surface area contributed by atoms with Gasteiger partial charge < -0.3 is 19.6 Å². The molecule has 1 atom stereocenters. The maximum absolute atomic E-state index is 13.8. The molecule has 4 rings (SSSR count). The Morgan fingerprint density at radius 2 is 1.66 bits per heavy atom. The van der Waals surface area contributed by atoms with Gasteiger partial charge in [0.15, 0.2) is 17.4 Å². The lowest BCUT2D eigenvalue weighted by atomic mass is 10.0. The van der Waals surface area contributed by atoms with Crippen molar-refractivity contribution in [3.8, 4) is 0 Å². The van der Waals surface area contributed by atoms with Crippen LogP contribution in [0.15, 0.2) is 65.5 Å². The van der Waals surface area contributed by atoms with Crippen LogP contribution in [0.25, 0.3) is 11.0 Å². The first-order valence-corrected chi connectivity index (χ1v) is 9.91. The lowest BCUT2D eigenvalue weighted by Gasteiger charge is -2.22. The zero-order valence-electron chi connectivity index (χ0n) is 17.3. The Balaban J connectivity index is 1.51. The first kappa shape index (κ1) is 21.2. The van der Waals surface area contributed by atoms with Gasteiger partial charge in [0.1, 0.15) is 6.04 Å². The molecular formula is C23H20F2N4O3. The van der Waals surface area contributed by atoms with Gasteiger partial charge in [0.05, 0.1) is 23.6 Å². The van der Waals surface area contributed by atoms with E-state index in [4.69, 9.17) is 4.42 Å². The van der Waals surface area contributed by atoms with E-state index in [1.165, 1.54) is 17.2 Å². The number of imidazole rings is 1. The van der Waals surface area contributed by atoms with Crippen molar-refractivity contribution in [3.05, 3.63) is 78.5 Å². The molecule has 9 heteroatoms. The molecule has 0 spiro atoms. The van der Waals surface area contributed by atoms with Crippen molar-refractivity contribution in [2.24, 2.45) is 5.92 Å². The molecule has 32 heavy (non-hydrogen) atoms. The number of furan rings is 1. The normalized spacial score (nSPS) is 12.2. The molecule has 0 radical (unpaired) electrons. The van der Waals surface area contributed by atoms with Gasteiger partial charge >= 0.3 is 0 Å². The highest BCUT2D eigenvalue weighted by atomic mass is 19.2. The maximum Gasteiger partial charge on any atom is 0.291 e. The van der Waals surface area contributed by atoms with Crippen molar-refractivity contribution in [1.82, 2.24) is 9.55 Å². The third-order valence-corrected chi connectivity index (χ3v) is 4.97. The maximum atomic E-state index is 13.8. The van der Waals surface area contributed by atoms with E-state index in [-0.39, 0.29) is 29.0 Å². The number of carbonyl (C=O) groups excluding carboxylic acids is 2. The zero-order valence-corrected chi connectivity index (χ0v) is 17.3. The summed E-state index contributed by atoms with van der Waals surface area (Å²) in [4.78, 5) is 29.2. The average molecular weight is 438 g/mol. The van der Waals surface area contributed by atoms with Crippen molar-refractivity contribution >= 4 is 34.2 Å². The first-order chi connectivity index (χ1) is 15.3. The molecule has 0 unspecified atom stereocenters. The Morgan fingerprint density at radius 3 is 2.28 bits per heavy atom. The number of nitrogens with zero attached hydrogens (tertiary/aromatic N) is 2. The molecule has 2 aromatic heterocycles. The van der Waals surface area contributed by atoms with E-state index >= 15 is 0 Å². The van der Waals surface area contributed by atoms with Crippen molar-refractivity contribution in [2.75, 3.05) is 10.6 Å². The molecular weight excluding hydrogens is 418 g/mol. The Labute approximate surface area is 182 Å². The van der Waals surface area contributed by atoms with Gasteiger partial charge in [-0.1, -0.05) is 13.8 Å². The van der Waals surface area contributed by atoms with E-state index in [1.54, 1.807) is 36.4 Å². The van der Waals surface area contributed by atoms with Crippen LogP contribution in [0.1, 0.15) is 30.4 Å². The SMILES string of the molecule is CC(C)[C@@H](C(=O)Nc1ccc(NC(=O)c2ccco2)cc1)n1cnc2cc(F)c(F)cc21. The largest absolute Gasteiger partial charge is 0.459 e. The molecule has 0 fully saturated rings. The first-order valence-electron chi connectivity index (χ1n) is 9.91. The number of amides is 2. The van der Waals surface area contributed by atoms with E-state index in [9.17, 15) is 18.4 Å². The molecule has 0 saturated heterocycles. The third-order valence-electron chi connectivity index (χ3n) is 4.97. The highest BCUT2D eigenvalue weighted by Crippen LogP contribution is 2.27. The quantitative estimate of drug-likeness (QED) is 0.444. The number of anilines is 2. The standard InChI is InChI=1S/C23H20F2N4O3/c1-13(2)21(29-12-26-18-10-16(24)17(25)11-19(18)29)23(31)28-15-7-5-14(6-8-15)27-22(30)20-4-3-9-32-20/h3-13,21H,1-2H3,(H,27,30)(H,28,31)/t21-/m0/s1. The Kier molecular flexibility index (Phi) is 5.72. The highest BCUT2D eigenvalue weighted by Gasteiger charge is 2.26. The summed E-state index contributed by atoms with van der Waals surface area (Å²) in [5.74, 6) is -2.70. The van der Waals surface area contributed by atoms with E-state index in [2.05, 4.69) is 15.6 Å². The predicted molar refractivity (Wildman–Crippen MR) is 115 cm³/mol. The van der Waals surface area contributed by atoms with Crippen LogP contribution in [0.5, 0.6) is 0 Å². The lowest BCUT2D eigenvalue weighted by molar-refractivity contribution is -0.120. The van der Waals surface area contributed by atoms with Gasteiger partial charge in [0.25, 0.3) is 5.91 Å². The number of benzene rings is 2. The van der Waals surface area contributed by atoms with Crippen molar-refractivity contribution in [2.45, 2.75) is 19.9 Å². The molecule has 4 aromatic rings. The highest BCUT2D eigenvalue weighted by molar-refractivity contribution is 6.02. The summed E-state index contributed by atoms with van der Waals surface area (Å²) in [7, 11) is 0. The van der Waals surface area contributed by atoms with Crippen LogP contribution >= 0.6 is 0 Å². The summed E-state index contributed by atoms with van der Waals surface area (Å²) in [6, 6.07) is 11.1. The number of rotatable bonds is 6. The van der Waals surface area contributed by atoms with Gasteiger partial charge in [-0.25, -0.2) is 13.8 Å². The van der Waals surface area contributed by atoms with Gasteiger partial charge in [-0.3, -0.25) is 9.59 Å². The second kappa shape index (κ2) is 8.62. The van der Waals surface area contributed by atoms with Crippen LogP contribution in [-0.4, -0.2) is 21.4 Å². The molecule has 164 valence electrons. The number of halogens is 2. The third kappa shape index (κ3) is 4.22. The van der Waals surface area contributed by atoms with Gasteiger partial charge in [-0.15, -0.1) is 0 Å². The second-order valence-corrected chi connectivity index (χ2v) is 7.59. The molecule has 0 saturated carbocycles. The molecule has 7 nitrogen and oxygen atoms in total. The summed E-state index contributed by atoms with van der Waals surface area (Å²) in [6.07, 6.45) is 2.81. The number of fused-ring (bicyclic) bond motifs is 1. The fourth-order valence-electron chi connectivity index (χ4n) is 3.45. The van der Waals surface area contributed by atoms with Crippen LogP contribution in [0, 0.1) is 17.6 Å². The molecule has 2 N–H and O–H groups in total. The molecule has 0 bridgehead atoms. The minimum absolute atomic E-state index is 0.160. The Hall–Kier alpha value is -4.01. The molecule has 0 aliphatic heterocycles. The summed E-state index contributed by atoms with van der Waals surface area (Å²) in [5.41, 5.74) is 1.63. The number of hydrogen-bond donors (Lipinski definition) is 2. The Bertz CT molecular complexity index is 1260. The number of nitrogens with one attached hydrogen (secondary N) is 2. The second-order valence-electron chi connectivity index (χ2n) is 7.59. The summed E-state index contributed by atoms with van der Waals surface area (Å²) >= 11 is 0. The van der Waals surface area contributed by atoms with Crippen molar-refractivity contribution in [3.63, 3.8) is 0 Å². The molecule has 2 aromatic carbocycles. The number of carbonyl (C=O) groups is 2. The molecule has 2 heterocycles. The van der Waals surface area contributed by atoms with Crippen LogP contribution < -0.4 is 10.6 Å². The van der Waals surface area contributed by atoms with E-state index < -0.39 is 17.7 Å². The van der Waals surface area contributed by atoms with E-state index in [0.717, 1.165) is 12.1 Å². The average Bonchev–Trinajstić information content (AvgIpc) is 3.41. The fraction of sp³-hybridized carbons (Fsp3) is 0.174. The zero-order chi connectivity index (χ0) is 22.8. The van der Waals surface area contributed by atoms with Crippen LogP contribution in [0.3, 0.4) is 0 Å². The lowest BCUT2D eigenvalue weighted by Crippen LogP contribution is -2.29. The predicted octanol–water partition coefficient (Wildman–Crippen LogP) is 5.00. The summed E-state index contributed by atoms with van der Waals surface area (Å²) in [5, 5.41) is 5.52. The van der Waals surface area contributed by atoms with Gasteiger partial charge in [0.2, 0.25) is 5.91 Å². The van der Waals surface area contributed by atoms with Crippen LogP contribution in [0.4, 0.5) is 20.2 Å². The molecule has 2 amide bonds. The Morgan fingerprint density at radius 1 is 1.00 bits per heavy atom. The van der Waals surface area contributed by atoms with Crippen LogP contribution in [-0.2, 0) is 4.79 Å². The van der Waals surface area contributed by atoms with E-state index in [1.807, 2.05) is 13.8 Å². The van der Waals surface area contributed by atoms with Crippen LogP contribution in [0.2, 0.25) is 0 Å². The summed E-state index contributed by atoms with van der Waals surface area (Å²) in [6.45, 7) is 3.70. The number of hydrogen-bond acceptors (Lipinski definition) is 4. The van der Waals surface area contributed by atoms with Crippen molar-refractivity contribution in [1.29, 1.82) is 0 Å². The minimum Gasteiger partial charge on any atom is -0.459 e. The smallest absolute Gasteiger partial charge is 0.291 e. The fourth-order valence-corrected chi connectivity index (χ4v) is 3.45. The molecule has 0 aliphatic rings. The summed E-state index contributed by atoms with van der Waals surface area (Å²) < 4.78 is 33.9. The van der Waals surface area contributed by atoms with Gasteiger partial charge in [-0.05, 0) is 42.3 Å². The number of aromatic nitrogens is 2. The monoisotopic (exact) mass is 438 g/mol.